The Morgan fingerprint density at radius 3 is 1.23 bits per heavy atom. The first-order chi connectivity index (χ1) is 31.4. The van der Waals surface area contributed by atoms with Gasteiger partial charge >= 0.3 is 0 Å². The summed E-state index contributed by atoms with van der Waals surface area (Å²) >= 11 is 0. The lowest BCUT2D eigenvalue weighted by Crippen LogP contribution is -2.07. The summed E-state index contributed by atoms with van der Waals surface area (Å²) < 4.78 is 15.2. The molecule has 0 radical (unpaired) electrons. The van der Waals surface area contributed by atoms with Crippen LogP contribution in [0.5, 0.6) is 0 Å². The average Bonchev–Trinajstić information content (AvgIpc) is 3.90. The van der Waals surface area contributed by atoms with Crippen LogP contribution < -0.4 is 0 Å². The maximum atomic E-state index is 14.0. The molecule has 0 spiro atoms. The first-order valence-corrected chi connectivity index (χ1v) is 21.7. The molecule has 0 amide bonds. The highest BCUT2D eigenvalue weighted by atomic mass is 16.5. The topological polar surface area (TPSA) is 96.6 Å². The number of unbranched alkanes of at least 4 members (excludes halogenated alkanes) is 2. The third-order valence-electron chi connectivity index (χ3n) is 10.3. The van der Waals surface area contributed by atoms with Gasteiger partial charge in [0.05, 0.1) is 22.5 Å². The molecule has 4 aromatic carbocycles. The molecule has 64 heavy (non-hydrogen) atoms. The molecule has 0 aliphatic carbocycles. The second-order valence-corrected chi connectivity index (χ2v) is 15.0. The van der Waals surface area contributed by atoms with Gasteiger partial charge in [-0.1, -0.05) is 160 Å². The van der Waals surface area contributed by atoms with Crippen LogP contribution >= 0.6 is 0 Å². The van der Waals surface area contributed by atoms with Crippen LogP contribution in [-0.4, -0.2) is 58.7 Å². The minimum absolute atomic E-state index is 0.0113. The summed E-state index contributed by atoms with van der Waals surface area (Å²) in [4.78, 5) is 53.7. The molecule has 2 aromatic heterocycles. The van der Waals surface area contributed by atoms with Crippen LogP contribution in [0.2, 0.25) is 0 Å². The van der Waals surface area contributed by atoms with Crippen LogP contribution in [0.15, 0.2) is 146 Å². The molecule has 8 heteroatoms. The summed E-state index contributed by atoms with van der Waals surface area (Å²) in [6.45, 7) is 5.31. The molecule has 0 unspecified atom stereocenters. The summed E-state index contributed by atoms with van der Waals surface area (Å²) in [7, 11) is 0. The van der Waals surface area contributed by atoms with Crippen LogP contribution in [0.4, 0.5) is 0 Å². The van der Waals surface area contributed by atoms with E-state index in [-0.39, 0.29) is 49.6 Å². The summed E-state index contributed by atoms with van der Waals surface area (Å²) in [5.41, 5.74) is 7.06. The van der Waals surface area contributed by atoms with Gasteiger partial charge < -0.3 is 18.6 Å². The number of carbonyl (C=O) groups excluding carboxylic acids is 4. The molecule has 0 N–H and O–H groups in total. The van der Waals surface area contributed by atoms with E-state index in [1.54, 1.807) is 36.4 Å². The Balaban J connectivity index is 1.02. The quantitative estimate of drug-likeness (QED) is 0.0292. The van der Waals surface area contributed by atoms with Gasteiger partial charge in [-0.15, -0.1) is 0 Å². The van der Waals surface area contributed by atoms with E-state index in [9.17, 15) is 19.2 Å². The van der Waals surface area contributed by atoms with E-state index in [2.05, 4.69) is 46.7 Å². The minimum atomic E-state index is -0.273. The Kier molecular flexibility index (Phi) is 17.5. The number of aryl methyl sites for hydroxylation is 2. The second-order valence-electron chi connectivity index (χ2n) is 15.0. The Morgan fingerprint density at radius 1 is 0.516 bits per heavy atom. The Morgan fingerprint density at radius 2 is 0.875 bits per heavy atom. The zero-order valence-electron chi connectivity index (χ0n) is 36.4. The molecular formula is C56H52N2O6. The molecule has 6 rings (SSSR count). The van der Waals surface area contributed by atoms with Gasteiger partial charge in [-0.05, 0) is 60.1 Å². The molecule has 0 saturated heterocycles. The fourth-order valence-corrected chi connectivity index (χ4v) is 7.20. The fraction of sp³-hybridized carbons (Fsp3) is 0.214. The van der Waals surface area contributed by atoms with Crippen molar-refractivity contribution in [3.8, 4) is 46.2 Å². The predicted octanol–water partition coefficient (Wildman–Crippen LogP) is 10.6. The van der Waals surface area contributed by atoms with Gasteiger partial charge in [0.2, 0.25) is 0 Å². The van der Waals surface area contributed by atoms with Crippen molar-refractivity contribution in [2.45, 2.75) is 52.6 Å². The predicted molar refractivity (Wildman–Crippen MR) is 255 cm³/mol. The number of hydrogen-bond donors (Lipinski definition) is 0. The summed E-state index contributed by atoms with van der Waals surface area (Å²) in [6, 6.07) is 38.0. The van der Waals surface area contributed by atoms with Gasteiger partial charge in [-0.2, -0.15) is 0 Å². The summed E-state index contributed by atoms with van der Waals surface area (Å²) in [5, 5.41) is 0. The SMILES string of the molecule is CCCCn1cc(/C=C/C(=O)COCC#CC#CCOCC(=O)/C=C/c2cn(CCCC)c(-c3ccccc3)c2C(=O)c2ccccc2)c(C(=O)c2ccccc2)c1-c1ccccc1. The highest BCUT2D eigenvalue weighted by molar-refractivity contribution is 6.16. The highest BCUT2D eigenvalue weighted by Gasteiger charge is 2.25. The van der Waals surface area contributed by atoms with Crippen molar-refractivity contribution < 1.29 is 28.7 Å². The first kappa shape index (κ1) is 46.2. The van der Waals surface area contributed by atoms with E-state index < -0.39 is 0 Å². The Bertz CT molecular complexity index is 2510. The summed E-state index contributed by atoms with van der Waals surface area (Å²) in [5.74, 6) is 10.1. The van der Waals surface area contributed by atoms with Gasteiger partial charge in [-0.25, -0.2) is 0 Å². The number of rotatable bonds is 22. The lowest BCUT2D eigenvalue weighted by atomic mass is 9.96. The zero-order valence-corrected chi connectivity index (χ0v) is 36.4. The number of carbonyl (C=O) groups is 4. The first-order valence-electron chi connectivity index (χ1n) is 21.7. The summed E-state index contributed by atoms with van der Waals surface area (Å²) in [6.07, 6.45) is 14.0. The Hall–Kier alpha value is -7.36. The number of aromatic nitrogens is 2. The van der Waals surface area contributed by atoms with Crippen molar-refractivity contribution >= 4 is 35.3 Å². The molecule has 8 nitrogen and oxygen atoms in total. The third-order valence-corrected chi connectivity index (χ3v) is 10.3. The highest BCUT2D eigenvalue weighted by Crippen LogP contribution is 2.34. The van der Waals surface area contributed by atoms with Crippen molar-refractivity contribution in [1.82, 2.24) is 9.13 Å². The maximum absolute atomic E-state index is 14.0. The smallest absolute Gasteiger partial charge is 0.195 e. The van der Waals surface area contributed by atoms with Crippen LogP contribution in [-0.2, 0) is 32.2 Å². The largest absolute Gasteiger partial charge is 0.361 e. The van der Waals surface area contributed by atoms with Gasteiger partial charge in [0.1, 0.15) is 26.4 Å². The number of hydrogen-bond acceptors (Lipinski definition) is 6. The molecule has 0 saturated carbocycles. The fourth-order valence-electron chi connectivity index (χ4n) is 7.20. The molecule has 0 aliphatic heterocycles. The van der Waals surface area contributed by atoms with Gasteiger partial charge in [0.15, 0.2) is 23.1 Å². The molecular weight excluding hydrogens is 797 g/mol. The van der Waals surface area contributed by atoms with Crippen LogP contribution in [0, 0.1) is 23.7 Å². The molecule has 6 aromatic rings. The number of benzene rings is 4. The molecule has 0 atom stereocenters. The third kappa shape index (κ3) is 12.6. The maximum Gasteiger partial charge on any atom is 0.195 e. The molecule has 2 heterocycles. The number of nitrogens with zero attached hydrogens (tertiary/aromatic N) is 2. The van der Waals surface area contributed by atoms with Crippen molar-refractivity contribution in [1.29, 1.82) is 0 Å². The van der Waals surface area contributed by atoms with E-state index in [0.29, 0.717) is 33.4 Å². The van der Waals surface area contributed by atoms with Crippen LogP contribution in [0.25, 0.3) is 34.7 Å². The van der Waals surface area contributed by atoms with E-state index in [1.165, 1.54) is 12.2 Å². The van der Waals surface area contributed by atoms with Crippen molar-refractivity contribution in [3.63, 3.8) is 0 Å². The van der Waals surface area contributed by atoms with E-state index in [4.69, 9.17) is 9.47 Å². The average molecular weight is 849 g/mol. The van der Waals surface area contributed by atoms with Gasteiger partial charge in [0.25, 0.3) is 0 Å². The van der Waals surface area contributed by atoms with Gasteiger partial charge in [0, 0.05) is 47.7 Å². The van der Waals surface area contributed by atoms with Crippen molar-refractivity contribution in [2.24, 2.45) is 0 Å². The van der Waals surface area contributed by atoms with E-state index in [1.807, 2.05) is 109 Å². The Labute approximate surface area is 376 Å². The second kappa shape index (κ2) is 24.3. The van der Waals surface area contributed by atoms with Crippen LogP contribution in [0.3, 0.4) is 0 Å². The molecule has 0 fully saturated rings. The van der Waals surface area contributed by atoms with Crippen molar-refractivity contribution in [2.75, 3.05) is 26.4 Å². The molecule has 0 aliphatic rings. The zero-order chi connectivity index (χ0) is 44.9. The minimum Gasteiger partial charge on any atom is -0.361 e. The number of ether oxygens (including phenoxy) is 2. The van der Waals surface area contributed by atoms with E-state index in [0.717, 1.165) is 61.3 Å². The van der Waals surface area contributed by atoms with Crippen molar-refractivity contribution in [3.05, 3.63) is 179 Å². The lowest BCUT2D eigenvalue weighted by Gasteiger charge is -2.11. The normalized spacial score (nSPS) is 11.0. The van der Waals surface area contributed by atoms with Crippen LogP contribution in [0.1, 0.15) is 82.5 Å². The van der Waals surface area contributed by atoms with Gasteiger partial charge in [-0.3, -0.25) is 19.2 Å². The molecule has 0 bridgehead atoms. The van der Waals surface area contributed by atoms with E-state index >= 15 is 0 Å². The standard InChI is InChI=1S/C56H52N2O6/c1-3-5-35-57-39-47(51(53(57)43-23-13-9-14-24-43)55(61)45-27-17-11-18-28-45)31-33-49(59)41-63-37-21-7-8-22-38-64-42-50(60)34-32-48-40-58(36-6-4-2)54(44-25-15-10-16-26-44)52(48)56(62)46-29-19-12-20-30-46/h9-20,23-34,39-40H,3-6,35-38,41-42H2,1-2H3/b33-31+,34-32+. The monoisotopic (exact) mass is 848 g/mol. The molecule has 322 valence electrons. The number of ketones is 4. The lowest BCUT2D eigenvalue weighted by molar-refractivity contribution is -0.119.